The summed E-state index contributed by atoms with van der Waals surface area (Å²) in [6.07, 6.45) is 0.963. The zero-order chi connectivity index (χ0) is 22.1. The quantitative estimate of drug-likeness (QED) is 0.540. The first-order chi connectivity index (χ1) is 14.2. The molecule has 7 nitrogen and oxygen atoms in total. The Labute approximate surface area is 176 Å². The maximum absolute atomic E-state index is 12.5. The number of ether oxygens (including phenoxy) is 2. The third kappa shape index (κ3) is 7.09. The van der Waals surface area contributed by atoms with Gasteiger partial charge in [-0.2, -0.15) is 0 Å². The number of amides is 2. The second-order valence-corrected chi connectivity index (χ2v) is 7.41. The number of benzene rings is 2. The fraction of sp³-hybridized carbons (Fsp3) is 0.261. The van der Waals surface area contributed by atoms with Crippen molar-refractivity contribution < 1.29 is 23.9 Å². The first-order valence-electron chi connectivity index (χ1n) is 9.43. The highest BCUT2D eigenvalue weighted by Crippen LogP contribution is 2.16. The molecule has 0 heterocycles. The molecular weight excluding hydrogens is 384 g/mol. The van der Waals surface area contributed by atoms with Crippen LogP contribution in [0.1, 0.15) is 31.1 Å². The van der Waals surface area contributed by atoms with Gasteiger partial charge in [-0.3, -0.25) is 10.1 Å². The molecule has 2 rings (SSSR count). The fourth-order valence-corrected chi connectivity index (χ4v) is 2.52. The van der Waals surface area contributed by atoms with Crippen molar-refractivity contribution in [3.63, 3.8) is 0 Å². The molecule has 0 fully saturated rings. The summed E-state index contributed by atoms with van der Waals surface area (Å²) < 4.78 is 10.4. The molecule has 0 aromatic heterocycles. The van der Waals surface area contributed by atoms with Crippen molar-refractivity contribution in [1.29, 1.82) is 0 Å². The Morgan fingerprint density at radius 2 is 1.77 bits per heavy atom. The first kappa shape index (κ1) is 22.7. The third-order valence-electron chi connectivity index (χ3n) is 3.75. The van der Waals surface area contributed by atoms with E-state index in [1.54, 1.807) is 51.1 Å². The Morgan fingerprint density at radius 3 is 2.40 bits per heavy atom. The van der Waals surface area contributed by atoms with Crippen molar-refractivity contribution in [3.8, 4) is 0 Å². The van der Waals surface area contributed by atoms with Gasteiger partial charge in [-0.15, -0.1) is 6.58 Å². The SMILES string of the molecule is C=CCN(C(=O)COC(=O)c1cccc(NC(=O)OC(C)(C)C)c1)c1ccccc1. The average Bonchev–Trinajstić information content (AvgIpc) is 2.69. The molecular formula is C23H26N2O5. The molecule has 0 saturated carbocycles. The lowest BCUT2D eigenvalue weighted by atomic mass is 10.2. The minimum atomic E-state index is -0.678. The van der Waals surface area contributed by atoms with E-state index in [-0.39, 0.29) is 18.0 Å². The van der Waals surface area contributed by atoms with Gasteiger partial charge in [-0.1, -0.05) is 30.3 Å². The molecule has 7 heteroatoms. The highest BCUT2D eigenvalue weighted by molar-refractivity contribution is 5.98. The zero-order valence-electron chi connectivity index (χ0n) is 17.4. The summed E-state index contributed by atoms with van der Waals surface area (Å²) in [4.78, 5) is 38.3. The lowest BCUT2D eigenvalue weighted by molar-refractivity contribution is -0.121. The van der Waals surface area contributed by atoms with Gasteiger partial charge in [0, 0.05) is 17.9 Å². The molecule has 0 atom stereocenters. The predicted molar refractivity (Wildman–Crippen MR) is 116 cm³/mol. The van der Waals surface area contributed by atoms with Crippen LogP contribution in [0.25, 0.3) is 0 Å². The maximum atomic E-state index is 12.5. The van der Waals surface area contributed by atoms with Crippen LogP contribution in [0, 0.1) is 0 Å². The highest BCUT2D eigenvalue weighted by atomic mass is 16.6. The largest absolute Gasteiger partial charge is 0.452 e. The van der Waals surface area contributed by atoms with Crippen LogP contribution in [0.4, 0.5) is 16.2 Å². The van der Waals surface area contributed by atoms with Gasteiger partial charge in [0.25, 0.3) is 5.91 Å². The van der Waals surface area contributed by atoms with Crippen LogP contribution in [0.3, 0.4) is 0 Å². The molecule has 2 amide bonds. The van der Waals surface area contributed by atoms with E-state index in [9.17, 15) is 14.4 Å². The van der Waals surface area contributed by atoms with Crippen LogP contribution in [0.15, 0.2) is 67.3 Å². The minimum absolute atomic E-state index is 0.200. The Bertz CT molecular complexity index is 903. The van der Waals surface area contributed by atoms with Gasteiger partial charge in [0.1, 0.15) is 5.60 Å². The van der Waals surface area contributed by atoms with E-state index in [0.717, 1.165) is 0 Å². The van der Waals surface area contributed by atoms with E-state index in [1.807, 2.05) is 18.2 Å². The van der Waals surface area contributed by atoms with Gasteiger partial charge in [-0.05, 0) is 51.1 Å². The summed E-state index contributed by atoms with van der Waals surface area (Å²) in [6.45, 7) is 8.78. The molecule has 0 radical (unpaired) electrons. The maximum Gasteiger partial charge on any atom is 0.412 e. The highest BCUT2D eigenvalue weighted by Gasteiger charge is 2.19. The lowest BCUT2D eigenvalue weighted by Gasteiger charge is -2.21. The van der Waals surface area contributed by atoms with E-state index in [2.05, 4.69) is 11.9 Å². The van der Waals surface area contributed by atoms with Gasteiger partial charge in [0.15, 0.2) is 6.61 Å². The van der Waals surface area contributed by atoms with Crippen LogP contribution >= 0.6 is 0 Å². The first-order valence-corrected chi connectivity index (χ1v) is 9.43. The van der Waals surface area contributed by atoms with Crippen LogP contribution in [-0.2, 0) is 14.3 Å². The number of carbonyl (C=O) groups excluding carboxylic acids is 3. The van der Waals surface area contributed by atoms with Gasteiger partial charge >= 0.3 is 12.1 Å². The number of nitrogens with one attached hydrogen (secondary N) is 1. The Balaban J connectivity index is 1.99. The van der Waals surface area contributed by atoms with Gasteiger partial charge in [0.2, 0.25) is 0 Å². The van der Waals surface area contributed by atoms with E-state index in [4.69, 9.17) is 9.47 Å². The smallest absolute Gasteiger partial charge is 0.412 e. The topological polar surface area (TPSA) is 84.9 Å². The Morgan fingerprint density at radius 1 is 1.07 bits per heavy atom. The summed E-state index contributed by atoms with van der Waals surface area (Å²) in [5.41, 5.74) is 0.618. The molecule has 158 valence electrons. The molecule has 0 saturated heterocycles. The van der Waals surface area contributed by atoms with Gasteiger partial charge < -0.3 is 14.4 Å². The molecule has 30 heavy (non-hydrogen) atoms. The van der Waals surface area contributed by atoms with E-state index in [0.29, 0.717) is 11.4 Å². The zero-order valence-corrected chi connectivity index (χ0v) is 17.4. The van der Waals surface area contributed by atoms with Crippen molar-refractivity contribution in [2.75, 3.05) is 23.4 Å². The van der Waals surface area contributed by atoms with Crippen LogP contribution < -0.4 is 10.2 Å². The average molecular weight is 410 g/mol. The Kier molecular flexibility index (Phi) is 7.75. The number of hydrogen-bond acceptors (Lipinski definition) is 5. The van der Waals surface area contributed by atoms with Crippen molar-refractivity contribution in [2.24, 2.45) is 0 Å². The molecule has 0 aliphatic heterocycles. The van der Waals surface area contributed by atoms with Crippen molar-refractivity contribution in [3.05, 3.63) is 72.8 Å². The Hall–Kier alpha value is -3.61. The minimum Gasteiger partial charge on any atom is -0.452 e. The standard InChI is InChI=1S/C23H26N2O5/c1-5-14-25(19-12-7-6-8-13-19)20(26)16-29-21(27)17-10-9-11-18(15-17)24-22(28)30-23(2,3)4/h5-13,15H,1,14,16H2,2-4H3,(H,24,28). The summed E-state index contributed by atoms with van der Waals surface area (Å²) in [5.74, 6) is -1.06. The van der Waals surface area contributed by atoms with Crippen LogP contribution in [0.5, 0.6) is 0 Å². The fourth-order valence-electron chi connectivity index (χ4n) is 2.52. The number of esters is 1. The number of anilines is 2. The van der Waals surface area contributed by atoms with Crippen LogP contribution in [-0.4, -0.2) is 36.7 Å². The molecule has 0 aliphatic rings. The van der Waals surface area contributed by atoms with E-state index >= 15 is 0 Å². The second-order valence-electron chi connectivity index (χ2n) is 7.41. The number of carbonyl (C=O) groups is 3. The molecule has 1 N–H and O–H groups in total. The number of nitrogens with zero attached hydrogens (tertiary/aromatic N) is 1. The molecule has 2 aromatic carbocycles. The third-order valence-corrected chi connectivity index (χ3v) is 3.75. The van der Waals surface area contributed by atoms with Crippen molar-refractivity contribution in [1.82, 2.24) is 0 Å². The van der Waals surface area contributed by atoms with Gasteiger partial charge in [-0.25, -0.2) is 9.59 Å². The predicted octanol–water partition coefficient (Wildman–Crippen LogP) is 4.41. The lowest BCUT2D eigenvalue weighted by Crippen LogP contribution is -2.34. The van der Waals surface area contributed by atoms with E-state index < -0.39 is 24.3 Å². The summed E-state index contributed by atoms with van der Waals surface area (Å²) in [7, 11) is 0. The molecule has 0 unspecified atom stereocenters. The normalized spacial score (nSPS) is 10.6. The van der Waals surface area contributed by atoms with Crippen molar-refractivity contribution >= 4 is 29.3 Å². The molecule has 0 spiro atoms. The molecule has 0 bridgehead atoms. The van der Waals surface area contributed by atoms with Gasteiger partial charge in [0.05, 0.1) is 5.56 Å². The molecule has 2 aromatic rings. The van der Waals surface area contributed by atoms with Crippen LogP contribution in [0.2, 0.25) is 0 Å². The van der Waals surface area contributed by atoms with E-state index in [1.165, 1.54) is 17.0 Å². The van der Waals surface area contributed by atoms with Crippen molar-refractivity contribution in [2.45, 2.75) is 26.4 Å². The summed E-state index contributed by atoms with van der Waals surface area (Å²) in [5, 5.41) is 2.56. The molecule has 0 aliphatic carbocycles. The summed E-state index contributed by atoms with van der Waals surface area (Å²) >= 11 is 0. The summed E-state index contributed by atoms with van der Waals surface area (Å²) in [6, 6.07) is 15.2. The monoisotopic (exact) mass is 410 g/mol. The second kappa shape index (κ2) is 10.2. The number of hydrogen-bond donors (Lipinski definition) is 1. The number of para-hydroxylation sites is 1. The number of rotatable bonds is 7.